The quantitative estimate of drug-likeness (QED) is 0.791. The van der Waals surface area contributed by atoms with Crippen LogP contribution in [0, 0.1) is 0 Å². The second-order valence-electron chi connectivity index (χ2n) is 5.99. The predicted molar refractivity (Wildman–Crippen MR) is 84.9 cm³/mol. The topological polar surface area (TPSA) is 31.1 Å². The molecule has 20 heavy (non-hydrogen) atoms. The van der Waals surface area contributed by atoms with Gasteiger partial charge in [-0.1, -0.05) is 18.9 Å². The van der Waals surface area contributed by atoms with E-state index in [1.807, 2.05) is 6.20 Å². The fourth-order valence-corrected chi connectivity index (χ4v) is 3.23. The summed E-state index contributed by atoms with van der Waals surface area (Å²) in [5.74, 6) is 0. The Morgan fingerprint density at radius 2 is 2.10 bits per heavy atom. The van der Waals surface area contributed by atoms with Gasteiger partial charge in [0.2, 0.25) is 0 Å². The van der Waals surface area contributed by atoms with Crippen molar-refractivity contribution in [2.45, 2.75) is 38.3 Å². The number of likely N-dealkylation sites (N-methyl/N-ethyl adjacent to an activating group) is 1. The molecule has 0 saturated heterocycles. The molecule has 1 aliphatic carbocycles. The van der Waals surface area contributed by atoms with E-state index in [1.165, 1.54) is 42.1 Å². The first-order chi connectivity index (χ1) is 9.83. The molecule has 0 spiro atoms. The van der Waals surface area contributed by atoms with Crippen molar-refractivity contribution in [2.75, 3.05) is 20.1 Å². The summed E-state index contributed by atoms with van der Waals surface area (Å²) in [6, 6.07) is 9.59. The largest absolute Gasteiger partial charge is 0.361 e. The molecule has 1 fully saturated rings. The number of hydrogen-bond donors (Lipinski definition) is 2. The second-order valence-corrected chi connectivity index (χ2v) is 5.99. The lowest BCUT2D eigenvalue weighted by Gasteiger charge is -2.24. The van der Waals surface area contributed by atoms with Crippen LogP contribution in [0.25, 0.3) is 10.9 Å². The molecule has 0 amide bonds. The highest BCUT2D eigenvalue weighted by Crippen LogP contribution is 2.21. The zero-order valence-electron chi connectivity index (χ0n) is 12.4. The Bertz CT molecular complexity index is 540. The van der Waals surface area contributed by atoms with Gasteiger partial charge in [0, 0.05) is 37.4 Å². The fourth-order valence-electron chi connectivity index (χ4n) is 3.23. The molecule has 1 aromatic carbocycles. The number of benzene rings is 1. The van der Waals surface area contributed by atoms with Crippen molar-refractivity contribution < 1.29 is 0 Å². The highest BCUT2D eigenvalue weighted by Gasteiger charge is 2.18. The van der Waals surface area contributed by atoms with E-state index in [1.54, 1.807) is 0 Å². The van der Waals surface area contributed by atoms with E-state index >= 15 is 0 Å². The third-order valence-corrected chi connectivity index (χ3v) is 4.54. The van der Waals surface area contributed by atoms with Crippen LogP contribution >= 0.6 is 0 Å². The lowest BCUT2D eigenvalue weighted by molar-refractivity contribution is 0.245. The van der Waals surface area contributed by atoms with Gasteiger partial charge < -0.3 is 15.2 Å². The fraction of sp³-hybridized carbons (Fsp3) is 0.529. The van der Waals surface area contributed by atoms with E-state index in [-0.39, 0.29) is 0 Å². The summed E-state index contributed by atoms with van der Waals surface area (Å²) >= 11 is 0. The van der Waals surface area contributed by atoms with E-state index < -0.39 is 0 Å². The third-order valence-electron chi connectivity index (χ3n) is 4.54. The summed E-state index contributed by atoms with van der Waals surface area (Å²) in [6.45, 7) is 3.18. The molecule has 3 heteroatoms. The lowest BCUT2D eigenvalue weighted by Crippen LogP contribution is -2.35. The van der Waals surface area contributed by atoms with Gasteiger partial charge in [-0.2, -0.15) is 0 Å². The minimum Gasteiger partial charge on any atom is -0.361 e. The van der Waals surface area contributed by atoms with Gasteiger partial charge in [0.15, 0.2) is 0 Å². The molecule has 108 valence electrons. The summed E-state index contributed by atoms with van der Waals surface area (Å²) in [5, 5.41) is 4.86. The van der Waals surface area contributed by atoms with Crippen LogP contribution < -0.4 is 5.32 Å². The number of nitrogens with one attached hydrogen (secondary N) is 2. The molecule has 0 bridgehead atoms. The Hall–Kier alpha value is -1.32. The molecule has 0 radical (unpaired) electrons. The number of rotatable bonds is 6. The summed E-state index contributed by atoms with van der Waals surface area (Å²) in [6.07, 6.45) is 7.61. The Morgan fingerprint density at radius 3 is 2.95 bits per heavy atom. The molecule has 1 saturated carbocycles. The van der Waals surface area contributed by atoms with E-state index in [0.717, 1.165) is 25.7 Å². The van der Waals surface area contributed by atoms with E-state index in [4.69, 9.17) is 0 Å². The van der Waals surface area contributed by atoms with Gasteiger partial charge in [-0.3, -0.25) is 0 Å². The molecular weight excluding hydrogens is 246 g/mol. The van der Waals surface area contributed by atoms with Crippen LogP contribution in [-0.4, -0.2) is 36.1 Å². The van der Waals surface area contributed by atoms with Crippen molar-refractivity contribution in [2.24, 2.45) is 0 Å². The molecule has 1 aliphatic rings. The SMILES string of the molecule is CN(CCNCc1ccc2[nH]ccc2c1)C1CCCC1. The standard InChI is InChI=1S/C17H25N3/c1-20(16-4-2-3-5-16)11-10-18-13-14-6-7-17-15(12-14)8-9-19-17/h6-9,12,16,18-19H,2-5,10-11,13H2,1H3. The van der Waals surface area contributed by atoms with Crippen molar-refractivity contribution in [3.63, 3.8) is 0 Å². The van der Waals surface area contributed by atoms with Crippen LogP contribution in [0.15, 0.2) is 30.5 Å². The number of aromatic amines is 1. The van der Waals surface area contributed by atoms with E-state index in [0.29, 0.717) is 0 Å². The molecular formula is C17H25N3. The summed E-state index contributed by atoms with van der Waals surface area (Å²) in [7, 11) is 2.27. The Morgan fingerprint density at radius 1 is 1.25 bits per heavy atom. The Kier molecular flexibility index (Phi) is 4.38. The zero-order chi connectivity index (χ0) is 13.8. The van der Waals surface area contributed by atoms with Gasteiger partial charge in [0.1, 0.15) is 0 Å². The molecule has 2 N–H and O–H groups in total. The van der Waals surface area contributed by atoms with Crippen molar-refractivity contribution in [3.05, 3.63) is 36.0 Å². The van der Waals surface area contributed by atoms with Crippen LogP contribution in [0.2, 0.25) is 0 Å². The minimum atomic E-state index is 0.827. The van der Waals surface area contributed by atoms with Crippen molar-refractivity contribution in [1.29, 1.82) is 0 Å². The van der Waals surface area contributed by atoms with Crippen molar-refractivity contribution >= 4 is 10.9 Å². The highest BCUT2D eigenvalue weighted by molar-refractivity contribution is 5.79. The molecule has 0 unspecified atom stereocenters. The number of fused-ring (bicyclic) bond motifs is 1. The summed E-state index contributed by atoms with van der Waals surface area (Å²) in [4.78, 5) is 5.76. The van der Waals surface area contributed by atoms with Gasteiger partial charge in [-0.05, 0) is 49.0 Å². The number of hydrogen-bond acceptors (Lipinski definition) is 2. The first kappa shape index (κ1) is 13.7. The molecule has 3 nitrogen and oxygen atoms in total. The minimum absolute atomic E-state index is 0.827. The molecule has 3 rings (SSSR count). The number of aromatic nitrogens is 1. The first-order valence-electron chi connectivity index (χ1n) is 7.80. The number of nitrogens with zero attached hydrogens (tertiary/aromatic N) is 1. The summed E-state index contributed by atoms with van der Waals surface area (Å²) in [5.41, 5.74) is 2.58. The maximum atomic E-state index is 3.56. The van der Waals surface area contributed by atoms with Gasteiger partial charge >= 0.3 is 0 Å². The van der Waals surface area contributed by atoms with Gasteiger partial charge in [-0.15, -0.1) is 0 Å². The molecule has 1 heterocycles. The van der Waals surface area contributed by atoms with E-state index in [9.17, 15) is 0 Å². The monoisotopic (exact) mass is 271 g/mol. The normalized spacial score (nSPS) is 16.5. The Balaban J connectivity index is 1.42. The zero-order valence-corrected chi connectivity index (χ0v) is 12.4. The van der Waals surface area contributed by atoms with Gasteiger partial charge in [-0.25, -0.2) is 0 Å². The Labute approximate surface area is 121 Å². The smallest absolute Gasteiger partial charge is 0.0454 e. The van der Waals surface area contributed by atoms with Crippen LogP contribution in [0.3, 0.4) is 0 Å². The van der Waals surface area contributed by atoms with Crippen molar-refractivity contribution in [3.8, 4) is 0 Å². The third kappa shape index (κ3) is 3.22. The second kappa shape index (κ2) is 6.42. The van der Waals surface area contributed by atoms with Gasteiger partial charge in [0.05, 0.1) is 0 Å². The predicted octanol–water partition coefficient (Wildman–Crippen LogP) is 3.13. The van der Waals surface area contributed by atoms with E-state index in [2.05, 4.69) is 46.5 Å². The van der Waals surface area contributed by atoms with Gasteiger partial charge in [0.25, 0.3) is 0 Å². The van der Waals surface area contributed by atoms with Crippen LogP contribution in [0.4, 0.5) is 0 Å². The molecule has 2 aromatic rings. The van der Waals surface area contributed by atoms with Crippen LogP contribution in [0.5, 0.6) is 0 Å². The first-order valence-corrected chi connectivity index (χ1v) is 7.80. The maximum Gasteiger partial charge on any atom is 0.0454 e. The van der Waals surface area contributed by atoms with Crippen LogP contribution in [-0.2, 0) is 6.54 Å². The molecule has 1 aromatic heterocycles. The lowest BCUT2D eigenvalue weighted by atomic mass is 10.1. The maximum absolute atomic E-state index is 3.56. The molecule has 0 atom stereocenters. The average Bonchev–Trinajstić information content (AvgIpc) is 3.13. The van der Waals surface area contributed by atoms with Crippen LogP contribution in [0.1, 0.15) is 31.2 Å². The molecule has 0 aliphatic heterocycles. The van der Waals surface area contributed by atoms with Crippen molar-refractivity contribution in [1.82, 2.24) is 15.2 Å². The highest BCUT2D eigenvalue weighted by atomic mass is 15.1. The summed E-state index contributed by atoms with van der Waals surface area (Å²) < 4.78 is 0. The average molecular weight is 271 g/mol. The number of H-pyrrole nitrogens is 1.